The normalized spacial score (nSPS) is 51.3. The van der Waals surface area contributed by atoms with Gasteiger partial charge >= 0.3 is 5.97 Å². The van der Waals surface area contributed by atoms with Crippen LogP contribution >= 0.6 is 0 Å². The Balaban J connectivity index is 1.63. The van der Waals surface area contributed by atoms with Gasteiger partial charge in [0.15, 0.2) is 0 Å². The van der Waals surface area contributed by atoms with E-state index in [0.717, 1.165) is 32.1 Å². The van der Waals surface area contributed by atoms with E-state index < -0.39 is 16.9 Å². The zero-order chi connectivity index (χ0) is 26.7. The van der Waals surface area contributed by atoms with Gasteiger partial charge < -0.3 is 9.84 Å². The second-order valence-electron chi connectivity index (χ2n) is 15.5. The van der Waals surface area contributed by atoms with E-state index in [1.54, 1.807) is 0 Å². The molecule has 5 aliphatic rings. The fourth-order valence-corrected chi connectivity index (χ4v) is 11.2. The minimum Gasteiger partial charge on any atom is -0.469 e. The number of aliphatic hydroxyl groups is 1. The van der Waals surface area contributed by atoms with Crippen molar-refractivity contribution in [1.29, 1.82) is 0 Å². The third-order valence-electron chi connectivity index (χ3n) is 13.4. The Bertz CT molecular complexity index is 997. The first-order valence-corrected chi connectivity index (χ1v) is 14.3. The summed E-state index contributed by atoms with van der Waals surface area (Å²) in [6.45, 7) is 15.7. The molecule has 0 aromatic carbocycles. The van der Waals surface area contributed by atoms with E-state index in [-0.39, 0.29) is 57.1 Å². The highest BCUT2D eigenvalue weighted by molar-refractivity contribution is 5.88. The van der Waals surface area contributed by atoms with Gasteiger partial charge in [-0.1, -0.05) is 48.5 Å². The van der Waals surface area contributed by atoms with Gasteiger partial charge in [0.25, 0.3) is 0 Å². The molecule has 1 unspecified atom stereocenters. The Kier molecular flexibility index (Phi) is 5.62. The first-order valence-electron chi connectivity index (χ1n) is 14.3. The number of carbonyl (C=O) groups is 3. The lowest BCUT2D eigenvalue weighted by atomic mass is 9.31. The van der Waals surface area contributed by atoms with Crippen molar-refractivity contribution < 1.29 is 24.2 Å². The van der Waals surface area contributed by atoms with Gasteiger partial charge in [-0.2, -0.15) is 0 Å². The molecular formula is C31H48O5. The van der Waals surface area contributed by atoms with Gasteiger partial charge in [-0.3, -0.25) is 14.4 Å². The molecule has 0 radical (unpaired) electrons. The number of hydrogen-bond acceptors (Lipinski definition) is 5. The summed E-state index contributed by atoms with van der Waals surface area (Å²) in [7, 11) is 1.42. The molecule has 5 heteroatoms. The van der Waals surface area contributed by atoms with Crippen LogP contribution in [-0.2, 0) is 19.1 Å². The number of ketones is 2. The van der Waals surface area contributed by atoms with Gasteiger partial charge in [0, 0.05) is 24.2 Å². The molecule has 5 saturated carbocycles. The van der Waals surface area contributed by atoms with Crippen LogP contribution in [0, 0.1) is 56.2 Å². The summed E-state index contributed by atoms with van der Waals surface area (Å²) in [5, 5.41) is 11.9. The molecule has 0 saturated heterocycles. The van der Waals surface area contributed by atoms with E-state index in [1.165, 1.54) is 7.11 Å². The number of Topliss-reactive ketones (excluding diaryl/α,β-unsaturated/α-hetero) is 2. The zero-order valence-electron chi connectivity index (χ0n) is 23.8. The number of fused-ring (bicyclic) bond motifs is 7. The Morgan fingerprint density at radius 1 is 0.889 bits per heavy atom. The minimum absolute atomic E-state index is 0.00951. The van der Waals surface area contributed by atoms with E-state index in [1.807, 2.05) is 0 Å². The Hall–Kier alpha value is -1.23. The lowest BCUT2D eigenvalue weighted by molar-refractivity contribution is -0.255. The van der Waals surface area contributed by atoms with Crippen molar-refractivity contribution in [3.63, 3.8) is 0 Å². The average Bonchev–Trinajstić information content (AvgIpc) is 2.77. The maximum atomic E-state index is 14.4. The largest absolute Gasteiger partial charge is 0.469 e. The van der Waals surface area contributed by atoms with Gasteiger partial charge in [0.1, 0.15) is 11.6 Å². The fraction of sp³-hybridized carbons (Fsp3) is 0.903. The van der Waals surface area contributed by atoms with Crippen molar-refractivity contribution in [2.24, 2.45) is 56.2 Å². The molecule has 0 aromatic heterocycles. The number of esters is 1. The van der Waals surface area contributed by atoms with Gasteiger partial charge in [0.2, 0.25) is 0 Å². The van der Waals surface area contributed by atoms with Crippen LogP contribution in [-0.4, -0.2) is 35.9 Å². The predicted molar refractivity (Wildman–Crippen MR) is 138 cm³/mol. The monoisotopic (exact) mass is 500 g/mol. The quantitative estimate of drug-likeness (QED) is 0.463. The molecule has 9 atom stereocenters. The summed E-state index contributed by atoms with van der Waals surface area (Å²) in [6.07, 6.45) is 5.73. The predicted octanol–water partition coefficient (Wildman–Crippen LogP) is 5.76. The van der Waals surface area contributed by atoms with Crippen molar-refractivity contribution in [3.05, 3.63) is 0 Å². The third-order valence-corrected chi connectivity index (χ3v) is 13.4. The molecule has 0 amide bonds. The van der Waals surface area contributed by atoms with Crippen molar-refractivity contribution >= 4 is 17.5 Å². The summed E-state index contributed by atoms with van der Waals surface area (Å²) in [6, 6.07) is 0. The number of hydrogen-bond donors (Lipinski definition) is 1. The van der Waals surface area contributed by atoms with Crippen LogP contribution in [0.15, 0.2) is 0 Å². The van der Waals surface area contributed by atoms with Crippen molar-refractivity contribution in [2.45, 2.75) is 112 Å². The lowest BCUT2D eigenvalue weighted by Crippen LogP contribution is -2.72. The molecule has 5 nitrogen and oxygen atoms in total. The number of ether oxygens (including phenoxy) is 1. The van der Waals surface area contributed by atoms with Crippen LogP contribution < -0.4 is 0 Å². The molecule has 0 aliphatic heterocycles. The summed E-state index contributed by atoms with van der Waals surface area (Å²) < 4.78 is 5.35. The van der Waals surface area contributed by atoms with E-state index in [9.17, 15) is 19.5 Å². The lowest BCUT2D eigenvalue weighted by Gasteiger charge is -2.72. The molecule has 36 heavy (non-hydrogen) atoms. The Labute approximate surface area is 217 Å². The van der Waals surface area contributed by atoms with Crippen LogP contribution in [0.1, 0.15) is 106 Å². The zero-order valence-corrected chi connectivity index (χ0v) is 23.8. The van der Waals surface area contributed by atoms with Crippen molar-refractivity contribution in [1.82, 2.24) is 0 Å². The standard InChI is InChI=1S/C31H48O5/c1-26(2)13-14-31(25(35)36-8)18(16-26)24-19(32)15-21-28(5)11-10-22(33)27(3,4)20(28)9-12-29(21,6)30(24,7)17-23(31)34/h18,20-21,23-24,34H,9-17H2,1-8H3/t18-,20-,21+,23+,24?,28-,29+,30+,31+/m0/s1. The van der Waals surface area contributed by atoms with E-state index in [4.69, 9.17) is 4.74 Å². The minimum atomic E-state index is -0.992. The second-order valence-corrected chi connectivity index (χ2v) is 15.5. The molecule has 0 aromatic rings. The van der Waals surface area contributed by atoms with Crippen molar-refractivity contribution in [2.75, 3.05) is 7.11 Å². The topological polar surface area (TPSA) is 80.7 Å². The summed E-state index contributed by atoms with van der Waals surface area (Å²) in [5.74, 6) is 0.301. The second kappa shape index (κ2) is 7.67. The highest BCUT2D eigenvalue weighted by atomic mass is 16.5. The number of methoxy groups -OCH3 is 1. The van der Waals surface area contributed by atoms with Gasteiger partial charge in [-0.05, 0) is 84.4 Å². The van der Waals surface area contributed by atoms with E-state index >= 15 is 0 Å². The highest BCUT2D eigenvalue weighted by Crippen LogP contribution is 2.76. The molecule has 1 N–H and O–H groups in total. The van der Waals surface area contributed by atoms with E-state index in [0.29, 0.717) is 31.5 Å². The fourth-order valence-electron chi connectivity index (χ4n) is 11.2. The molecule has 202 valence electrons. The van der Waals surface area contributed by atoms with Crippen LogP contribution in [0.25, 0.3) is 0 Å². The van der Waals surface area contributed by atoms with Gasteiger partial charge in [0.05, 0.1) is 18.6 Å². The first-order chi connectivity index (χ1) is 16.5. The van der Waals surface area contributed by atoms with E-state index in [2.05, 4.69) is 48.5 Å². The summed E-state index contributed by atoms with van der Waals surface area (Å²) >= 11 is 0. The summed E-state index contributed by atoms with van der Waals surface area (Å²) in [5.41, 5.74) is -1.97. The molecule has 0 bridgehead atoms. The molecule has 5 rings (SSSR count). The summed E-state index contributed by atoms with van der Waals surface area (Å²) in [4.78, 5) is 40.8. The SMILES string of the molecule is COC(=O)[C@]12CCC(C)(C)C[C@H]1C1C(=O)C[C@@H]3[C@@]4(C)CCC(=O)C(C)(C)[C@@H]4CC[C@@]3(C)[C@]1(C)C[C@H]2O. The maximum absolute atomic E-state index is 14.4. The van der Waals surface area contributed by atoms with Crippen LogP contribution in [0.3, 0.4) is 0 Å². The average molecular weight is 501 g/mol. The highest BCUT2D eigenvalue weighted by Gasteiger charge is 2.75. The first kappa shape index (κ1) is 26.4. The molecular weight excluding hydrogens is 452 g/mol. The molecule has 5 fully saturated rings. The molecule has 0 heterocycles. The van der Waals surface area contributed by atoms with Crippen LogP contribution in [0.4, 0.5) is 0 Å². The van der Waals surface area contributed by atoms with Crippen LogP contribution in [0.2, 0.25) is 0 Å². The molecule has 5 aliphatic carbocycles. The number of carbonyl (C=O) groups excluding carboxylic acids is 3. The maximum Gasteiger partial charge on any atom is 0.314 e. The van der Waals surface area contributed by atoms with Gasteiger partial charge in [-0.25, -0.2) is 0 Å². The molecule has 0 spiro atoms. The Morgan fingerprint density at radius 3 is 2.19 bits per heavy atom. The van der Waals surface area contributed by atoms with Crippen LogP contribution in [0.5, 0.6) is 0 Å². The Morgan fingerprint density at radius 2 is 1.56 bits per heavy atom. The van der Waals surface area contributed by atoms with Crippen molar-refractivity contribution in [3.8, 4) is 0 Å². The number of aliphatic hydroxyl groups excluding tert-OH is 1. The smallest absolute Gasteiger partial charge is 0.314 e. The third kappa shape index (κ3) is 3.01. The van der Waals surface area contributed by atoms with Gasteiger partial charge in [-0.15, -0.1) is 0 Å². The number of rotatable bonds is 1.